The van der Waals surface area contributed by atoms with Gasteiger partial charge in [0.05, 0.1) is 16.9 Å². The first kappa shape index (κ1) is 8.56. The lowest BCUT2D eigenvalue weighted by Gasteiger charge is -2.01. The van der Waals surface area contributed by atoms with Gasteiger partial charge >= 0.3 is 0 Å². The Morgan fingerprint density at radius 1 is 1.73 bits per heavy atom. The number of aryl methyl sites for hydroxylation is 1. The predicted molar refractivity (Wildman–Crippen MR) is 45.6 cm³/mol. The molecule has 0 saturated carbocycles. The average molecular weight is 174 g/mol. The zero-order valence-corrected chi connectivity index (χ0v) is 7.30. The fourth-order valence-electron chi connectivity index (χ4n) is 0.890. The van der Waals surface area contributed by atoms with Gasteiger partial charge in [-0.15, -0.1) is 0 Å². The Hall–Kier alpha value is -0.540. The summed E-state index contributed by atoms with van der Waals surface area (Å²) in [6.07, 6.45) is 2.60. The Morgan fingerprint density at radius 2 is 2.45 bits per heavy atom. The van der Waals surface area contributed by atoms with Crippen LogP contribution in [0.1, 0.15) is 12.1 Å². The van der Waals surface area contributed by atoms with Crippen molar-refractivity contribution in [2.45, 2.75) is 19.9 Å². The molecular weight excluding hydrogens is 162 g/mol. The molecule has 0 amide bonds. The van der Waals surface area contributed by atoms with Crippen LogP contribution in [0.2, 0.25) is 5.02 Å². The molecule has 0 aliphatic heterocycles. The maximum Gasteiger partial charge on any atom is 0.0814 e. The van der Waals surface area contributed by atoms with Crippen LogP contribution in [0.4, 0.5) is 0 Å². The van der Waals surface area contributed by atoms with Gasteiger partial charge in [-0.3, -0.25) is 4.68 Å². The molecule has 0 bridgehead atoms. The third-order valence-electron chi connectivity index (χ3n) is 1.62. The van der Waals surface area contributed by atoms with E-state index in [4.69, 9.17) is 17.3 Å². The molecule has 1 heterocycles. The Morgan fingerprint density at radius 3 is 2.91 bits per heavy atom. The second kappa shape index (κ2) is 3.74. The fourth-order valence-corrected chi connectivity index (χ4v) is 1.03. The Labute approximate surface area is 71.1 Å². The molecule has 0 aromatic carbocycles. The smallest absolute Gasteiger partial charge is 0.0814 e. The van der Waals surface area contributed by atoms with E-state index in [9.17, 15) is 0 Å². The zero-order valence-electron chi connectivity index (χ0n) is 6.55. The molecule has 4 heteroatoms. The molecule has 0 aliphatic carbocycles. The lowest BCUT2D eigenvalue weighted by molar-refractivity contribution is 0.571. The Kier molecular flexibility index (Phi) is 2.91. The van der Waals surface area contributed by atoms with Crippen LogP contribution in [0.15, 0.2) is 6.20 Å². The molecule has 0 fully saturated rings. The number of nitrogens with zero attached hydrogens (tertiary/aromatic N) is 2. The molecule has 11 heavy (non-hydrogen) atoms. The molecule has 3 nitrogen and oxygen atoms in total. The molecule has 0 saturated heterocycles. The van der Waals surface area contributed by atoms with Crippen molar-refractivity contribution in [1.82, 2.24) is 9.78 Å². The van der Waals surface area contributed by atoms with Gasteiger partial charge in [-0.05, 0) is 19.9 Å². The lowest BCUT2D eigenvalue weighted by atomic mass is 10.4. The first-order valence-corrected chi connectivity index (χ1v) is 4.01. The van der Waals surface area contributed by atoms with E-state index in [-0.39, 0.29) is 0 Å². The van der Waals surface area contributed by atoms with Crippen LogP contribution in [-0.4, -0.2) is 16.3 Å². The summed E-state index contributed by atoms with van der Waals surface area (Å²) in [5.74, 6) is 0. The van der Waals surface area contributed by atoms with Crippen LogP contribution in [0.25, 0.3) is 0 Å². The van der Waals surface area contributed by atoms with Gasteiger partial charge in [0, 0.05) is 6.54 Å². The van der Waals surface area contributed by atoms with Crippen LogP contribution >= 0.6 is 11.6 Å². The van der Waals surface area contributed by atoms with Gasteiger partial charge in [-0.25, -0.2) is 0 Å². The standard InChI is InChI=1S/C7H12ClN3/c1-6-7(8)5-10-11(6)4-2-3-9/h5H,2-4,9H2,1H3. The van der Waals surface area contributed by atoms with Crippen LogP contribution in [-0.2, 0) is 6.54 Å². The van der Waals surface area contributed by atoms with Crippen molar-refractivity contribution in [3.8, 4) is 0 Å². The number of hydrogen-bond donors (Lipinski definition) is 1. The summed E-state index contributed by atoms with van der Waals surface area (Å²) in [6, 6.07) is 0. The largest absolute Gasteiger partial charge is 0.330 e. The van der Waals surface area contributed by atoms with Crippen molar-refractivity contribution in [3.05, 3.63) is 16.9 Å². The number of halogens is 1. The molecule has 0 unspecified atom stereocenters. The molecular formula is C7H12ClN3. The van der Waals surface area contributed by atoms with Crippen LogP contribution < -0.4 is 5.73 Å². The zero-order chi connectivity index (χ0) is 8.27. The summed E-state index contributed by atoms with van der Waals surface area (Å²) in [5, 5.41) is 4.81. The highest BCUT2D eigenvalue weighted by Crippen LogP contribution is 2.12. The molecule has 1 aromatic heterocycles. The average Bonchev–Trinajstić information content (AvgIpc) is 2.31. The maximum atomic E-state index is 5.79. The second-order valence-electron chi connectivity index (χ2n) is 2.44. The van der Waals surface area contributed by atoms with E-state index in [1.165, 1.54) is 0 Å². The van der Waals surface area contributed by atoms with Crippen molar-refractivity contribution in [2.24, 2.45) is 5.73 Å². The normalized spacial score (nSPS) is 10.5. The van der Waals surface area contributed by atoms with Gasteiger partial charge in [-0.1, -0.05) is 11.6 Å². The summed E-state index contributed by atoms with van der Waals surface area (Å²) in [4.78, 5) is 0. The summed E-state index contributed by atoms with van der Waals surface area (Å²) < 4.78 is 1.87. The third kappa shape index (κ3) is 1.94. The number of aromatic nitrogens is 2. The summed E-state index contributed by atoms with van der Waals surface area (Å²) in [5.41, 5.74) is 6.37. The number of nitrogens with two attached hydrogens (primary N) is 1. The van der Waals surface area contributed by atoms with Gasteiger partial charge in [0.15, 0.2) is 0 Å². The predicted octanol–water partition coefficient (Wildman–Crippen LogP) is 1.19. The SMILES string of the molecule is Cc1c(Cl)cnn1CCCN. The molecule has 1 aromatic rings. The van der Waals surface area contributed by atoms with Crippen molar-refractivity contribution < 1.29 is 0 Å². The Balaban J connectivity index is 2.63. The van der Waals surface area contributed by atoms with E-state index in [0.29, 0.717) is 6.54 Å². The van der Waals surface area contributed by atoms with Gasteiger partial charge in [-0.2, -0.15) is 5.10 Å². The van der Waals surface area contributed by atoms with E-state index < -0.39 is 0 Å². The molecule has 62 valence electrons. The monoisotopic (exact) mass is 173 g/mol. The van der Waals surface area contributed by atoms with Gasteiger partial charge in [0.1, 0.15) is 0 Å². The Bertz CT molecular complexity index is 232. The lowest BCUT2D eigenvalue weighted by Crippen LogP contribution is -2.07. The first-order valence-electron chi connectivity index (χ1n) is 3.63. The second-order valence-corrected chi connectivity index (χ2v) is 2.85. The summed E-state index contributed by atoms with van der Waals surface area (Å²) in [6.45, 7) is 3.50. The highest BCUT2D eigenvalue weighted by Gasteiger charge is 2.01. The minimum Gasteiger partial charge on any atom is -0.330 e. The number of hydrogen-bond acceptors (Lipinski definition) is 2. The van der Waals surface area contributed by atoms with Crippen molar-refractivity contribution in [2.75, 3.05) is 6.54 Å². The molecule has 1 rings (SSSR count). The molecule has 0 spiro atoms. The highest BCUT2D eigenvalue weighted by molar-refractivity contribution is 6.31. The first-order chi connectivity index (χ1) is 5.25. The molecule has 0 radical (unpaired) electrons. The van der Waals surface area contributed by atoms with Crippen LogP contribution in [0.3, 0.4) is 0 Å². The fraction of sp³-hybridized carbons (Fsp3) is 0.571. The highest BCUT2D eigenvalue weighted by atomic mass is 35.5. The van der Waals surface area contributed by atoms with E-state index in [1.54, 1.807) is 6.20 Å². The van der Waals surface area contributed by atoms with Crippen LogP contribution in [0.5, 0.6) is 0 Å². The van der Waals surface area contributed by atoms with E-state index in [0.717, 1.165) is 23.7 Å². The van der Waals surface area contributed by atoms with Gasteiger partial charge in [0.2, 0.25) is 0 Å². The molecule has 2 N–H and O–H groups in total. The minimum atomic E-state index is 0.691. The van der Waals surface area contributed by atoms with Crippen LogP contribution in [0, 0.1) is 6.92 Å². The topological polar surface area (TPSA) is 43.8 Å². The van der Waals surface area contributed by atoms with E-state index in [1.807, 2.05) is 11.6 Å². The molecule has 0 aliphatic rings. The van der Waals surface area contributed by atoms with Gasteiger partial charge in [0.25, 0.3) is 0 Å². The third-order valence-corrected chi connectivity index (χ3v) is 1.99. The van der Waals surface area contributed by atoms with Crippen molar-refractivity contribution >= 4 is 11.6 Å². The number of rotatable bonds is 3. The van der Waals surface area contributed by atoms with Crippen molar-refractivity contribution in [3.63, 3.8) is 0 Å². The minimum absolute atomic E-state index is 0.691. The quantitative estimate of drug-likeness (QED) is 0.747. The van der Waals surface area contributed by atoms with E-state index >= 15 is 0 Å². The van der Waals surface area contributed by atoms with Crippen molar-refractivity contribution in [1.29, 1.82) is 0 Å². The maximum absolute atomic E-state index is 5.79. The summed E-state index contributed by atoms with van der Waals surface area (Å²) >= 11 is 5.79. The van der Waals surface area contributed by atoms with Gasteiger partial charge < -0.3 is 5.73 Å². The molecule has 0 atom stereocenters. The van der Waals surface area contributed by atoms with E-state index in [2.05, 4.69) is 5.10 Å². The summed E-state index contributed by atoms with van der Waals surface area (Å²) in [7, 11) is 0.